The number of hydrogen-bond donors (Lipinski definition) is 1. The molecular weight excluding hydrogens is 241 g/mol. The van der Waals surface area contributed by atoms with Crippen LogP contribution in [-0.4, -0.2) is 25.9 Å². The Morgan fingerprint density at radius 1 is 1.06 bits per heavy atom. The highest BCUT2D eigenvalue weighted by Crippen LogP contribution is 2.34. The Hall–Kier alpha value is -0.380. The number of rotatable bonds is 10. The van der Waals surface area contributed by atoms with E-state index in [2.05, 4.69) is 18.9 Å². The molecule has 0 saturated carbocycles. The predicted molar refractivity (Wildman–Crippen MR) is 68.8 cm³/mol. The van der Waals surface area contributed by atoms with Crippen molar-refractivity contribution in [3.8, 4) is 0 Å². The Morgan fingerprint density at radius 2 is 1.59 bits per heavy atom. The maximum Gasteiger partial charge on any atom is 0.413 e. The summed E-state index contributed by atoms with van der Waals surface area (Å²) < 4.78 is 15.7. The first kappa shape index (κ1) is 16.6. The van der Waals surface area contributed by atoms with Gasteiger partial charge in [-0.1, -0.05) is 26.7 Å². The van der Waals surface area contributed by atoms with Crippen molar-refractivity contribution in [3.05, 3.63) is 0 Å². The van der Waals surface area contributed by atoms with E-state index in [0.717, 1.165) is 25.7 Å². The first-order chi connectivity index (χ1) is 8.24. The minimum Gasteiger partial charge on any atom is -0.450 e. The second-order valence-corrected chi connectivity index (χ2v) is 4.72. The third kappa shape index (κ3) is 10.5. The molecule has 0 aromatic carbocycles. The van der Waals surface area contributed by atoms with Crippen molar-refractivity contribution in [2.45, 2.75) is 46.5 Å². The molecule has 102 valence electrons. The second-order valence-electron chi connectivity index (χ2n) is 3.46. The van der Waals surface area contributed by atoms with Crippen LogP contribution in [0.1, 0.15) is 46.5 Å². The molecule has 5 nitrogen and oxygen atoms in total. The van der Waals surface area contributed by atoms with Crippen molar-refractivity contribution in [1.29, 1.82) is 0 Å². The number of carbonyl (C=O) groups is 1. The van der Waals surface area contributed by atoms with Gasteiger partial charge in [-0.3, -0.25) is 5.09 Å². The molecule has 0 aliphatic heterocycles. The second kappa shape index (κ2) is 12.1. The lowest BCUT2D eigenvalue weighted by Crippen LogP contribution is -2.21. The lowest BCUT2D eigenvalue weighted by molar-refractivity contribution is 0.153. The molecule has 0 saturated heterocycles. The van der Waals surface area contributed by atoms with Crippen LogP contribution < -0.4 is 5.09 Å². The van der Waals surface area contributed by atoms with Crippen LogP contribution in [0.25, 0.3) is 0 Å². The minimum absolute atomic E-state index is 0.346. The first-order valence-corrected chi connectivity index (χ1v) is 7.41. The number of ether oxygens (including phenoxy) is 1. The Balaban J connectivity index is 3.86. The summed E-state index contributed by atoms with van der Waals surface area (Å²) in [4.78, 5) is 11.2. The molecule has 0 heterocycles. The van der Waals surface area contributed by atoms with Gasteiger partial charge in [-0.2, -0.15) is 0 Å². The van der Waals surface area contributed by atoms with Crippen molar-refractivity contribution < 1.29 is 18.6 Å². The molecule has 0 aromatic heterocycles. The zero-order valence-electron chi connectivity index (χ0n) is 11.0. The Kier molecular flexibility index (Phi) is 11.8. The molecule has 0 aromatic rings. The third-order valence-corrected chi connectivity index (χ3v) is 3.07. The summed E-state index contributed by atoms with van der Waals surface area (Å²) in [6.45, 7) is 7.48. The zero-order valence-corrected chi connectivity index (χ0v) is 11.9. The maximum atomic E-state index is 11.2. The van der Waals surface area contributed by atoms with Gasteiger partial charge in [-0.25, -0.2) is 4.79 Å². The molecule has 0 aliphatic carbocycles. The van der Waals surface area contributed by atoms with Crippen molar-refractivity contribution >= 4 is 14.6 Å². The van der Waals surface area contributed by atoms with Crippen LogP contribution in [0.15, 0.2) is 0 Å². The van der Waals surface area contributed by atoms with Crippen LogP contribution in [-0.2, 0) is 13.8 Å². The molecule has 17 heavy (non-hydrogen) atoms. The summed E-state index contributed by atoms with van der Waals surface area (Å²) in [5.41, 5.74) is 0. The number of amides is 1. The molecule has 6 heteroatoms. The largest absolute Gasteiger partial charge is 0.450 e. The Morgan fingerprint density at radius 3 is 2.00 bits per heavy atom. The quantitative estimate of drug-likeness (QED) is 0.484. The highest BCUT2D eigenvalue weighted by atomic mass is 31.2. The SMILES string of the molecule is CCCCOP(NC(=O)OCC)OCCCC. The van der Waals surface area contributed by atoms with Gasteiger partial charge in [0.2, 0.25) is 0 Å². The molecule has 0 aliphatic rings. The summed E-state index contributed by atoms with van der Waals surface area (Å²) in [7, 11) is -1.36. The lowest BCUT2D eigenvalue weighted by Gasteiger charge is -2.17. The summed E-state index contributed by atoms with van der Waals surface area (Å²) in [6, 6.07) is 0. The molecule has 1 amide bonds. The Bertz CT molecular complexity index is 182. The summed E-state index contributed by atoms with van der Waals surface area (Å²) >= 11 is 0. The van der Waals surface area contributed by atoms with Crippen LogP contribution in [0, 0.1) is 0 Å². The number of hydrogen-bond acceptors (Lipinski definition) is 4. The van der Waals surface area contributed by atoms with E-state index >= 15 is 0 Å². The van der Waals surface area contributed by atoms with E-state index in [9.17, 15) is 4.79 Å². The highest BCUT2D eigenvalue weighted by molar-refractivity contribution is 7.45. The lowest BCUT2D eigenvalue weighted by atomic mass is 10.4. The molecule has 0 atom stereocenters. The van der Waals surface area contributed by atoms with Crippen molar-refractivity contribution in [2.75, 3.05) is 19.8 Å². The molecular formula is C11H24NO4P. The van der Waals surface area contributed by atoms with Gasteiger partial charge in [0, 0.05) is 0 Å². The van der Waals surface area contributed by atoms with Gasteiger partial charge in [0.05, 0.1) is 19.8 Å². The molecule has 0 radical (unpaired) electrons. The highest BCUT2D eigenvalue weighted by Gasteiger charge is 2.15. The zero-order chi connectivity index (χ0) is 12.9. The molecule has 0 spiro atoms. The first-order valence-electron chi connectivity index (χ1n) is 6.23. The third-order valence-electron chi connectivity index (χ3n) is 1.87. The average molecular weight is 265 g/mol. The normalized spacial score (nSPS) is 10.6. The number of nitrogens with one attached hydrogen (secondary N) is 1. The van der Waals surface area contributed by atoms with E-state index in [1.54, 1.807) is 6.92 Å². The van der Waals surface area contributed by atoms with E-state index in [0.29, 0.717) is 19.8 Å². The van der Waals surface area contributed by atoms with E-state index < -0.39 is 14.6 Å². The fourth-order valence-corrected chi connectivity index (χ4v) is 1.93. The number of unbranched alkanes of at least 4 members (excludes halogenated alkanes) is 2. The predicted octanol–water partition coefficient (Wildman–Crippen LogP) is 3.59. The fourth-order valence-electron chi connectivity index (χ4n) is 0.923. The van der Waals surface area contributed by atoms with E-state index in [4.69, 9.17) is 13.8 Å². The van der Waals surface area contributed by atoms with Gasteiger partial charge >= 0.3 is 6.09 Å². The standard InChI is InChI=1S/C11H24NO4P/c1-4-7-9-15-17(16-10-8-5-2)12-11(13)14-6-3/h4-10H2,1-3H3,(H,12,13). The molecule has 1 N–H and O–H groups in total. The molecule has 0 fully saturated rings. The minimum atomic E-state index is -1.36. The Labute approximate surface area is 105 Å². The number of carbonyl (C=O) groups excluding carboxylic acids is 1. The van der Waals surface area contributed by atoms with Crippen LogP contribution in [0.2, 0.25) is 0 Å². The van der Waals surface area contributed by atoms with Gasteiger partial charge in [-0.15, -0.1) is 0 Å². The maximum absolute atomic E-state index is 11.2. The van der Waals surface area contributed by atoms with E-state index in [1.807, 2.05) is 0 Å². The molecule has 0 bridgehead atoms. The molecule has 0 unspecified atom stereocenters. The van der Waals surface area contributed by atoms with E-state index in [1.165, 1.54) is 0 Å². The summed E-state index contributed by atoms with van der Waals surface area (Å²) in [5, 5.41) is 2.59. The monoisotopic (exact) mass is 265 g/mol. The smallest absolute Gasteiger partial charge is 0.413 e. The molecule has 0 rings (SSSR count). The van der Waals surface area contributed by atoms with Gasteiger partial charge < -0.3 is 13.8 Å². The van der Waals surface area contributed by atoms with Crippen molar-refractivity contribution in [1.82, 2.24) is 5.09 Å². The van der Waals surface area contributed by atoms with Crippen LogP contribution in [0.4, 0.5) is 4.79 Å². The van der Waals surface area contributed by atoms with Crippen LogP contribution in [0.3, 0.4) is 0 Å². The topological polar surface area (TPSA) is 56.8 Å². The van der Waals surface area contributed by atoms with Gasteiger partial charge in [-0.05, 0) is 19.8 Å². The van der Waals surface area contributed by atoms with Gasteiger partial charge in [0.1, 0.15) is 0 Å². The van der Waals surface area contributed by atoms with Crippen molar-refractivity contribution in [3.63, 3.8) is 0 Å². The van der Waals surface area contributed by atoms with Gasteiger partial charge in [0.15, 0.2) is 0 Å². The average Bonchev–Trinajstić information content (AvgIpc) is 2.29. The van der Waals surface area contributed by atoms with Crippen LogP contribution in [0.5, 0.6) is 0 Å². The van der Waals surface area contributed by atoms with Crippen molar-refractivity contribution in [2.24, 2.45) is 0 Å². The van der Waals surface area contributed by atoms with Gasteiger partial charge in [0.25, 0.3) is 8.53 Å². The summed E-state index contributed by atoms with van der Waals surface area (Å²) in [5.74, 6) is 0. The van der Waals surface area contributed by atoms with Crippen LogP contribution >= 0.6 is 8.53 Å². The fraction of sp³-hybridized carbons (Fsp3) is 0.909. The van der Waals surface area contributed by atoms with E-state index in [-0.39, 0.29) is 0 Å². The summed E-state index contributed by atoms with van der Waals surface area (Å²) in [6.07, 6.45) is 3.54.